The van der Waals surface area contributed by atoms with Gasteiger partial charge in [-0.25, -0.2) is 4.98 Å². The third-order valence-corrected chi connectivity index (χ3v) is 1.86. The Kier molecular flexibility index (Phi) is 6.87. The molecule has 1 heterocycles. The topological polar surface area (TPSA) is 58.0 Å². The van der Waals surface area contributed by atoms with Gasteiger partial charge in [-0.15, -0.1) is 0 Å². The minimum absolute atomic E-state index is 0. The third kappa shape index (κ3) is 4.26. The van der Waals surface area contributed by atoms with Crippen molar-refractivity contribution >= 4 is 5.97 Å². The van der Waals surface area contributed by atoms with Gasteiger partial charge in [-0.05, 0) is 6.42 Å². The molecular weight excluding hydrogens is 191 g/mol. The van der Waals surface area contributed by atoms with Gasteiger partial charge in [0.2, 0.25) is 0 Å². The monoisotopic (exact) mass is 204 g/mol. The van der Waals surface area contributed by atoms with Crippen LogP contribution in [-0.4, -0.2) is 15.5 Å². The van der Waals surface area contributed by atoms with Crippen LogP contribution in [0, 0.1) is 0 Å². The second-order valence-corrected chi connectivity index (χ2v) is 2.95. The van der Waals surface area contributed by atoms with Crippen molar-refractivity contribution in [3.8, 4) is 0 Å². The quantitative estimate of drug-likeness (QED) is 0.480. The van der Waals surface area contributed by atoms with Crippen LogP contribution in [0.15, 0.2) is 12.4 Å². The van der Waals surface area contributed by atoms with Gasteiger partial charge in [0.15, 0.2) is 0 Å². The zero-order chi connectivity index (χ0) is 9.68. The van der Waals surface area contributed by atoms with E-state index in [1.165, 1.54) is 0 Å². The largest absolute Gasteiger partial charge is 1.00 e. The Balaban J connectivity index is 0.00000169. The molecule has 0 amide bonds. The van der Waals surface area contributed by atoms with Gasteiger partial charge in [0, 0.05) is 18.8 Å². The summed E-state index contributed by atoms with van der Waals surface area (Å²) in [6.07, 6.45) is 6.23. The average Bonchev–Trinajstić information content (AvgIpc) is 2.48. The molecule has 0 saturated heterocycles. The van der Waals surface area contributed by atoms with Crippen LogP contribution >= 0.6 is 0 Å². The molecule has 0 saturated carbocycles. The number of rotatable bonds is 5. The van der Waals surface area contributed by atoms with Gasteiger partial charge in [-0.1, -0.05) is 13.3 Å². The SMILES string of the molecule is CCCCc1nccn1CC(=O)[O-].[Na+]. The molecule has 1 rings (SSSR count). The van der Waals surface area contributed by atoms with Crippen molar-refractivity contribution in [2.24, 2.45) is 0 Å². The van der Waals surface area contributed by atoms with Crippen LogP contribution in [0.1, 0.15) is 25.6 Å². The van der Waals surface area contributed by atoms with Gasteiger partial charge in [-0.2, -0.15) is 0 Å². The summed E-state index contributed by atoms with van der Waals surface area (Å²) in [4.78, 5) is 14.4. The molecule has 0 unspecified atom stereocenters. The van der Waals surface area contributed by atoms with Gasteiger partial charge in [0.1, 0.15) is 5.82 Å². The first-order valence-corrected chi connectivity index (χ1v) is 4.44. The van der Waals surface area contributed by atoms with Crippen LogP contribution in [0.5, 0.6) is 0 Å². The molecule has 0 N–H and O–H groups in total. The summed E-state index contributed by atoms with van der Waals surface area (Å²) in [5.41, 5.74) is 0. The normalized spacial score (nSPS) is 9.50. The number of carbonyl (C=O) groups excluding carboxylic acids is 1. The van der Waals surface area contributed by atoms with Gasteiger partial charge in [0.05, 0.1) is 12.5 Å². The zero-order valence-electron chi connectivity index (χ0n) is 8.69. The van der Waals surface area contributed by atoms with E-state index in [0.717, 1.165) is 25.1 Å². The van der Waals surface area contributed by atoms with E-state index < -0.39 is 5.97 Å². The van der Waals surface area contributed by atoms with Crippen LogP contribution in [0.25, 0.3) is 0 Å². The second kappa shape index (κ2) is 7.04. The molecule has 0 aliphatic carbocycles. The molecule has 0 aliphatic heterocycles. The minimum Gasteiger partial charge on any atom is -0.548 e. The van der Waals surface area contributed by atoms with E-state index in [2.05, 4.69) is 11.9 Å². The van der Waals surface area contributed by atoms with E-state index in [1.54, 1.807) is 17.0 Å². The Morgan fingerprint density at radius 3 is 2.93 bits per heavy atom. The summed E-state index contributed by atoms with van der Waals surface area (Å²) >= 11 is 0. The smallest absolute Gasteiger partial charge is 0.548 e. The molecule has 14 heavy (non-hydrogen) atoms. The number of hydrogen-bond acceptors (Lipinski definition) is 3. The summed E-state index contributed by atoms with van der Waals surface area (Å²) in [6.45, 7) is 1.99. The first kappa shape index (κ1) is 13.7. The fourth-order valence-electron chi connectivity index (χ4n) is 1.19. The van der Waals surface area contributed by atoms with Crippen molar-refractivity contribution in [3.05, 3.63) is 18.2 Å². The third-order valence-electron chi connectivity index (χ3n) is 1.86. The van der Waals surface area contributed by atoms with E-state index in [1.807, 2.05) is 0 Å². The Labute approximate surface area is 106 Å². The molecule has 0 radical (unpaired) electrons. The van der Waals surface area contributed by atoms with Crippen LogP contribution in [0.4, 0.5) is 0 Å². The van der Waals surface area contributed by atoms with Crippen molar-refractivity contribution in [3.63, 3.8) is 0 Å². The first-order valence-electron chi connectivity index (χ1n) is 4.44. The number of carboxylic acid groups (broad SMARTS) is 1. The number of imidazole rings is 1. The van der Waals surface area contributed by atoms with Gasteiger partial charge in [-0.3, -0.25) is 0 Å². The summed E-state index contributed by atoms with van der Waals surface area (Å²) in [5.74, 6) is -0.248. The molecule has 72 valence electrons. The number of aromatic nitrogens is 2. The Hall–Kier alpha value is -0.320. The van der Waals surface area contributed by atoms with Crippen molar-refractivity contribution in [1.82, 2.24) is 9.55 Å². The second-order valence-electron chi connectivity index (χ2n) is 2.95. The summed E-state index contributed by atoms with van der Waals surface area (Å²) in [5, 5.41) is 10.3. The first-order chi connectivity index (χ1) is 6.24. The molecule has 5 heteroatoms. The van der Waals surface area contributed by atoms with E-state index in [4.69, 9.17) is 0 Å². The minimum atomic E-state index is -1.07. The number of carboxylic acids is 1. The fourth-order valence-corrected chi connectivity index (χ4v) is 1.19. The zero-order valence-corrected chi connectivity index (χ0v) is 10.7. The maximum absolute atomic E-state index is 10.3. The fraction of sp³-hybridized carbons (Fsp3) is 0.556. The number of aryl methyl sites for hydroxylation is 1. The van der Waals surface area contributed by atoms with Gasteiger partial charge in [0.25, 0.3) is 0 Å². The molecule has 0 aliphatic rings. The van der Waals surface area contributed by atoms with E-state index in [-0.39, 0.29) is 36.1 Å². The molecule has 4 nitrogen and oxygen atoms in total. The molecule has 0 atom stereocenters. The molecule has 1 aromatic rings. The van der Waals surface area contributed by atoms with Crippen molar-refractivity contribution in [1.29, 1.82) is 0 Å². The number of hydrogen-bond donors (Lipinski definition) is 0. The molecule has 0 fully saturated rings. The van der Waals surface area contributed by atoms with E-state index in [9.17, 15) is 9.90 Å². The maximum Gasteiger partial charge on any atom is 1.00 e. The summed E-state index contributed by atoms with van der Waals surface area (Å²) < 4.78 is 1.62. The van der Waals surface area contributed by atoms with Crippen molar-refractivity contribution < 1.29 is 39.5 Å². The Morgan fingerprint density at radius 2 is 2.36 bits per heavy atom. The molecule has 1 aromatic heterocycles. The van der Waals surface area contributed by atoms with Crippen LogP contribution in [-0.2, 0) is 17.8 Å². The van der Waals surface area contributed by atoms with E-state index in [0.29, 0.717) is 0 Å². The predicted octanol–water partition coefficient (Wildman–Crippen LogP) is -3.02. The van der Waals surface area contributed by atoms with Crippen LogP contribution in [0.3, 0.4) is 0 Å². The Bertz CT molecular complexity index is 286. The van der Waals surface area contributed by atoms with Gasteiger partial charge < -0.3 is 14.5 Å². The predicted molar refractivity (Wildman–Crippen MR) is 45.8 cm³/mol. The van der Waals surface area contributed by atoms with Gasteiger partial charge >= 0.3 is 29.6 Å². The summed E-state index contributed by atoms with van der Waals surface area (Å²) in [6, 6.07) is 0. The molecule has 0 bridgehead atoms. The maximum atomic E-state index is 10.3. The van der Waals surface area contributed by atoms with Crippen molar-refractivity contribution in [2.75, 3.05) is 0 Å². The van der Waals surface area contributed by atoms with Crippen molar-refractivity contribution in [2.45, 2.75) is 32.7 Å². The standard InChI is InChI=1S/C9H14N2O2.Na/c1-2-3-4-8-10-5-6-11(8)7-9(12)13;/h5-6H,2-4,7H2,1H3,(H,12,13);/q;+1/p-1. The van der Waals surface area contributed by atoms with E-state index >= 15 is 0 Å². The summed E-state index contributed by atoms with van der Waals surface area (Å²) in [7, 11) is 0. The molecule has 0 spiro atoms. The number of carbonyl (C=O) groups is 1. The average molecular weight is 204 g/mol. The Morgan fingerprint density at radius 1 is 1.64 bits per heavy atom. The molecular formula is C9H13N2NaO2. The number of aliphatic carboxylic acids is 1. The van der Waals surface area contributed by atoms with Crippen LogP contribution in [0.2, 0.25) is 0 Å². The number of nitrogens with zero attached hydrogens (tertiary/aromatic N) is 2. The van der Waals surface area contributed by atoms with Crippen LogP contribution < -0.4 is 34.7 Å². The molecule has 0 aromatic carbocycles. The number of unbranched alkanes of at least 4 members (excludes halogenated alkanes) is 1.